The van der Waals surface area contributed by atoms with Crippen molar-refractivity contribution in [3.8, 4) is 11.4 Å². The SMILES string of the molecule is COc1ccc(-[n+]2[nH]oc(=O)c2C(=O)Nc2ccc(Cl)c(C(=O)O)c2)cc1. The molecule has 0 aliphatic rings. The molecule has 138 valence electrons. The van der Waals surface area contributed by atoms with Crippen molar-refractivity contribution >= 4 is 29.2 Å². The Labute approximate surface area is 156 Å². The van der Waals surface area contributed by atoms with Crippen molar-refractivity contribution in [1.82, 2.24) is 5.27 Å². The van der Waals surface area contributed by atoms with E-state index >= 15 is 0 Å². The van der Waals surface area contributed by atoms with Crippen LogP contribution in [0.15, 0.2) is 51.8 Å². The molecule has 0 radical (unpaired) electrons. The Bertz CT molecular complexity index is 1070. The summed E-state index contributed by atoms with van der Waals surface area (Å²) in [5.74, 6) is -1.44. The molecule has 0 atom stereocenters. The number of carboxylic acid groups (broad SMARTS) is 1. The molecule has 27 heavy (non-hydrogen) atoms. The molecular weight excluding hydrogens is 378 g/mol. The number of nitrogens with one attached hydrogen (secondary N) is 2. The Morgan fingerprint density at radius 3 is 2.56 bits per heavy atom. The van der Waals surface area contributed by atoms with Gasteiger partial charge in [-0.15, -0.1) is 0 Å². The van der Waals surface area contributed by atoms with E-state index in [9.17, 15) is 14.4 Å². The predicted molar refractivity (Wildman–Crippen MR) is 93.8 cm³/mol. The Balaban J connectivity index is 1.94. The van der Waals surface area contributed by atoms with E-state index in [-0.39, 0.29) is 22.0 Å². The van der Waals surface area contributed by atoms with Crippen LogP contribution in [-0.2, 0) is 0 Å². The van der Waals surface area contributed by atoms with Crippen molar-refractivity contribution in [3.63, 3.8) is 0 Å². The highest BCUT2D eigenvalue weighted by atomic mass is 35.5. The Hall–Kier alpha value is -3.59. The van der Waals surface area contributed by atoms with Crippen molar-refractivity contribution in [2.24, 2.45) is 0 Å². The third-order valence-electron chi connectivity index (χ3n) is 3.65. The molecule has 1 amide bonds. The van der Waals surface area contributed by atoms with E-state index in [4.69, 9.17) is 26.0 Å². The molecule has 0 saturated heterocycles. The van der Waals surface area contributed by atoms with E-state index in [0.29, 0.717) is 11.4 Å². The Morgan fingerprint density at radius 1 is 1.22 bits per heavy atom. The third-order valence-corrected chi connectivity index (χ3v) is 3.98. The lowest BCUT2D eigenvalue weighted by molar-refractivity contribution is -0.672. The van der Waals surface area contributed by atoms with Crippen LogP contribution in [0, 0.1) is 0 Å². The van der Waals surface area contributed by atoms with Crippen LogP contribution < -0.4 is 20.4 Å². The van der Waals surface area contributed by atoms with E-state index in [1.807, 2.05) is 0 Å². The summed E-state index contributed by atoms with van der Waals surface area (Å²) in [6.45, 7) is 0. The molecule has 1 heterocycles. The molecule has 0 saturated carbocycles. The lowest BCUT2D eigenvalue weighted by Crippen LogP contribution is -2.42. The van der Waals surface area contributed by atoms with Crippen LogP contribution in [0.25, 0.3) is 5.69 Å². The van der Waals surface area contributed by atoms with Gasteiger partial charge in [0.05, 0.1) is 17.7 Å². The minimum atomic E-state index is -1.24. The number of hydrogen-bond donors (Lipinski definition) is 3. The number of H-pyrrole nitrogens is 1. The van der Waals surface area contributed by atoms with Crippen molar-refractivity contribution < 1.29 is 28.6 Å². The summed E-state index contributed by atoms with van der Waals surface area (Å²) in [6, 6.07) is 10.5. The number of carbonyl (C=O) groups is 2. The van der Waals surface area contributed by atoms with Crippen molar-refractivity contribution in [2.45, 2.75) is 0 Å². The van der Waals surface area contributed by atoms with Crippen LogP contribution in [-0.4, -0.2) is 29.4 Å². The average molecular weight is 391 g/mol. The second kappa shape index (κ2) is 7.34. The number of rotatable bonds is 5. The van der Waals surface area contributed by atoms with E-state index in [1.54, 1.807) is 24.3 Å². The maximum atomic E-state index is 12.6. The number of benzene rings is 2. The maximum absolute atomic E-state index is 12.6. The van der Waals surface area contributed by atoms with Crippen molar-refractivity contribution in [2.75, 3.05) is 12.4 Å². The average Bonchev–Trinajstić information content (AvgIpc) is 3.04. The van der Waals surface area contributed by atoms with Gasteiger partial charge in [-0.3, -0.25) is 9.32 Å². The zero-order chi connectivity index (χ0) is 19.6. The number of aromatic carboxylic acids is 1. The van der Waals surface area contributed by atoms with Crippen LogP contribution in [0.5, 0.6) is 5.75 Å². The number of amides is 1. The number of aromatic amines is 1. The maximum Gasteiger partial charge on any atom is 0.441 e. The number of hydrogen-bond acceptors (Lipinski definition) is 5. The summed E-state index contributed by atoms with van der Waals surface area (Å²) in [7, 11) is 1.51. The van der Waals surface area contributed by atoms with Gasteiger partial charge in [-0.25, -0.2) is 9.59 Å². The fraction of sp³-hybridized carbons (Fsp3) is 0.0588. The largest absolute Gasteiger partial charge is 0.497 e. The smallest absolute Gasteiger partial charge is 0.441 e. The normalized spacial score (nSPS) is 10.4. The number of anilines is 1. The van der Waals surface area contributed by atoms with Gasteiger partial charge in [0.25, 0.3) is 0 Å². The molecule has 3 N–H and O–H groups in total. The number of aromatic nitrogens is 2. The van der Waals surface area contributed by atoms with Gasteiger partial charge in [-0.2, -0.15) is 0 Å². The summed E-state index contributed by atoms with van der Waals surface area (Å²) in [6.07, 6.45) is 0. The van der Waals surface area contributed by atoms with Crippen LogP contribution in [0.1, 0.15) is 20.8 Å². The minimum absolute atomic E-state index is 0.0231. The molecule has 3 aromatic rings. The Morgan fingerprint density at radius 2 is 1.93 bits per heavy atom. The van der Waals surface area contributed by atoms with Gasteiger partial charge in [0.15, 0.2) is 0 Å². The summed E-state index contributed by atoms with van der Waals surface area (Å²) >= 11 is 5.80. The first kappa shape index (κ1) is 18.2. The highest BCUT2D eigenvalue weighted by Gasteiger charge is 2.31. The lowest BCUT2D eigenvalue weighted by atomic mass is 10.2. The molecule has 0 aliphatic carbocycles. The van der Waals surface area contributed by atoms with Crippen LogP contribution >= 0.6 is 11.6 Å². The van der Waals surface area contributed by atoms with Crippen LogP contribution in [0.3, 0.4) is 0 Å². The number of nitrogens with zero attached hydrogens (tertiary/aromatic N) is 1. The molecule has 9 nitrogen and oxygen atoms in total. The second-order valence-corrected chi connectivity index (χ2v) is 5.72. The van der Waals surface area contributed by atoms with Crippen molar-refractivity contribution in [3.05, 3.63) is 69.2 Å². The molecule has 2 aromatic carbocycles. The number of carbonyl (C=O) groups excluding carboxylic acids is 1. The molecule has 10 heteroatoms. The second-order valence-electron chi connectivity index (χ2n) is 5.32. The molecule has 3 rings (SSSR count). The van der Waals surface area contributed by atoms with E-state index in [0.717, 1.165) is 4.68 Å². The highest BCUT2D eigenvalue weighted by Crippen LogP contribution is 2.21. The predicted octanol–water partition coefficient (Wildman–Crippen LogP) is 1.86. The number of halogens is 1. The Kier molecular flexibility index (Phi) is 4.95. The first-order chi connectivity index (χ1) is 12.9. The minimum Gasteiger partial charge on any atom is -0.497 e. The number of methoxy groups -OCH3 is 1. The van der Waals surface area contributed by atoms with Gasteiger partial charge in [0, 0.05) is 17.8 Å². The molecular formula is C17H13ClN3O6+. The summed E-state index contributed by atoms with van der Waals surface area (Å²) < 4.78 is 10.9. The monoisotopic (exact) mass is 390 g/mol. The van der Waals surface area contributed by atoms with E-state index in [2.05, 4.69) is 10.6 Å². The van der Waals surface area contributed by atoms with Gasteiger partial charge in [-0.05, 0) is 40.3 Å². The fourth-order valence-corrected chi connectivity index (χ4v) is 2.54. The van der Waals surface area contributed by atoms with E-state index < -0.39 is 17.5 Å². The topological polar surface area (TPSA) is 126 Å². The first-order valence-corrected chi connectivity index (χ1v) is 7.90. The third kappa shape index (κ3) is 3.67. The zero-order valence-electron chi connectivity index (χ0n) is 13.9. The molecule has 0 bridgehead atoms. The fourth-order valence-electron chi connectivity index (χ4n) is 2.34. The quantitative estimate of drug-likeness (QED) is 0.571. The van der Waals surface area contributed by atoms with Gasteiger partial charge < -0.3 is 15.2 Å². The summed E-state index contributed by atoms with van der Waals surface area (Å²) in [4.78, 5) is 35.7. The number of carboxylic acids is 1. The van der Waals surface area contributed by atoms with Gasteiger partial charge in [-0.1, -0.05) is 11.6 Å². The molecule has 1 aromatic heterocycles. The number of ether oxygens (including phenoxy) is 1. The van der Waals surface area contributed by atoms with Gasteiger partial charge >= 0.3 is 23.2 Å². The van der Waals surface area contributed by atoms with Gasteiger partial charge in [0.2, 0.25) is 5.69 Å². The van der Waals surface area contributed by atoms with Crippen LogP contribution in [0.4, 0.5) is 5.69 Å². The molecule has 0 fully saturated rings. The first-order valence-electron chi connectivity index (χ1n) is 7.53. The molecule has 0 spiro atoms. The van der Waals surface area contributed by atoms with E-state index in [1.165, 1.54) is 25.3 Å². The lowest BCUT2D eigenvalue weighted by Gasteiger charge is -2.04. The van der Waals surface area contributed by atoms with Crippen molar-refractivity contribution in [1.29, 1.82) is 0 Å². The highest BCUT2D eigenvalue weighted by molar-refractivity contribution is 6.33. The van der Waals surface area contributed by atoms with Gasteiger partial charge in [0.1, 0.15) is 5.75 Å². The summed E-state index contributed by atoms with van der Waals surface area (Å²) in [5.41, 5.74) is -0.792. The molecule has 0 aliphatic heterocycles. The van der Waals surface area contributed by atoms with Crippen LogP contribution in [0.2, 0.25) is 5.02 Å². The molecule has 0 unspecified atom stereocenters. The summed E-state index contributed by atoms with van der Waals surface area (Å²) in [5, 5.41) is 13.9. The standard InChI is InChI=1S/C17H12ClN3O6/c1-26-11-5-3-10(4-6-11)21-14(17(25)27-20-21)15(22)19-9-2-7-13(18)12(8-9)16(23)24/h2-8H,1H3,(H2-,19,20,22,23,24,25)/p+1. The zero-order valence-corrected chi connectivity index (χ0v) is 14.6.